The van der Waals surface area contributed by atoms with Crippen molar-refractivity contribution in [1.29, 1.82) is 0 Å². The average molecular weight is 223 g/mol. The van der Waals surface area contributed by atoms with Crippen molar-refractivity contribution in [2.24, 2.45) is 7.05 Å². The molecule has 0 aliphatic rings. The highest BCUT2D eigenvalue weighted by molar-refractivity contribution is 5.08. The van der Waals surface area contributed by atoms with Crippen LogP contribution >= 0.6 is 0 Å². The zero-order chi connectivity index (χ0) is 11.8. The first-order valence-corrected chi connectivity index (χ1v) is 5.64. The summed E-state index contributed by atoms with van der Waals surface area (Å²) in [5.74, 6) is 0. The molecule has 16 heavy (non-hydrogen) atoms. The second-order valence-electron chi connectivity index (χ2n) is 3.81. The maximum absolute atomic E-state index is 5.41. The monoisotopic (exact) mass is 223 g/mol. The summed E-state index contributed by atoms with van der Waals surface area (Å²) in [7, 11) is 1.93. The summed E-state index contributed by atoms with van der Waals surface area (Å²) in [5, 5.41) is 7.53. The van der Waals surface area contributed by atoms with Crippen LogP contribution in [-0.2, 0) is 11.8 Å². The van der Waals surface area contributed by atoms with E-state index in [1.165, 1.54) is 5.56 Å². The maximum atomic E-state index is 5.41. The highest BCUT2D eigenvalue weighted by Gasteiger charge is 2.05. The van der Waals surface area contributed by atoms with Gasteiger partial charge in [0.1, 0.15) is 0 Å². The minimum absolute atomic E-state index is 0.316. The fourth-order valence-electron chi connectivity index (χ4n) is 1.40. The van der Waals surface area contributed by atoms with Crippen LogP contribution in [0.1, 0.15) is 24.9 Å². The molecule has 0 spiro atoms. The Balaban J connectivity index is 2.11. The van der Waals surface area contributed by atoms with E-state index in [0.29, 0.717) is 6.04 Å². The Kier molecular flexibility index (Phi) is 5.82. The third-order valence-electron chi connectivity index (χ3n) is 2.39. The maximum Gasteiger partial charge on any atom is 0.0591 e. The van der Waals surface area contributed by atoms with Crippen LogP contribution in [0.5, 0.6) is 0 Å². The normalized spacial score (nSPS) is 12.6. The van der Waals surface area contributed by atoms with E-state index < -0.39 is 0 Å². The second-order valence-corrected chi connectivity index (χ2v) is 3.81. The first-order chi connectivity index (χ1) is 7.74. The summed E-state index contributed by atoms with van der Waals surface area (Å²) >= 11 is 0. The van der Waals surface area contributed by atoms with Gasteiger partial charge >= 0.3 is 0 Å². The van der Waals surface area contributed by atoms with Gasteiger partial charge in [-0.2, -0.15) is 5.10 Å². The topological polar surface area (TPSA) is 39.1 Å². The lowest BCUT2D eigenvalue weighted by Crippen LogP contribution is -2.23. The Morgan fingerprint density at radius 3 is 3.06 bits per heavy atom. The molecule has 90 valence electrons. The van der Waals surface area contributed by atoms with E-state index in [1.807, 2.05) is 30.2 Å². The van der Waals surface area contributed by atoms with Gasteiger partial charge in [-0.3, -0.25) is 4.68 Å². The molecule has 1 atom stereocenters. The van der Waals surface area contributed by atoms with Crippen LogP contribution in [0.3, 0.4) is 0 Å². The third kappa shape index (κ3) is 4.59. The lowest BCUT2D eigenvalue weighted by Gasteiger charge is -2.11. The lowest BCUT2D eigenvalue weighted by molar-refractivity contribution is 0.138. The molecule has 0 saturated heterocycles. The molecule has 0 aliphatic carbocycles. The van der Waals surface area contributed by atoms with Gasteiger partial charge < -0.3 is 10.1 Å². The SMILES string of the molecule is C=CCCOCCNC(C)c1cnn(C)c1. The number of nitrogens with one attached hydrogen (secondary N) is 1. The molecule has 1 aromatic rings. The van der Waals surface area contributed by atoms with Crippen LogP contribution in [0.4, 0.5) is 0 Å². The van der Waals surface area contributed by atoms with Gasteiger partial charge in [-0.1, -0.05) is 6.08 Å². The molecule has 0 amide bonds. The molecule has 0 saturated carbocycles. The minimum atomic E-state index is 0.316. The molecule has 1 aromatic heterocycles. The second kappa shape index (κ2) is 7.19. The Morgan fingerprint density at radius 1 is 1.62 bits per heavy atom. The van der Waals surface area contributed by atoms with Crippen molar-refractivity contribution in [3.05, 3.63) is 30.6 Å². The highest BCUT2D eigenvalue weighted by Crippen LogP contribution is 2.09. The van der Waals surface area contributed by atoms with Crippen LogP contribution in [0.2, 0.25) is 0 Å². The Bertz CT molecular complexity index is 309. The number of hydrogen-bond acceptors (Lipinski definition) is 3. The molecule has 4 nitrogen and oxygen atoms in total. The summed E-state index contributed by atoms with van der Waals surface area (Å²) in [5.41, 5.74) is 1.20. The zero-order valence-electron chi connectivity index (χ0n) is 10.1. The van der Waals surface area contributed by atoms with Gasteiger partial charge in [-0.15, -0.1) is 6.58 Å². The van der Waals surface area contributed by atoms with Crippen molar-refractivity contribution in [3.63, 3.8) is 0 Å². The predicted molar refractivity (Wildman–Crippen MR) is 65.3 cm³/mol. The molecule has 0 aliphatic heterocycles. The standard InChI is InChI=1S/C12H21N3O/c1-4-5-7-16-8-6-13-11(2)12-9-14-15(3)10-12/h4,9-11,13H,1,5-8H2,2-3H3. The zero-order valence-corrected chi connectivity index (χ0v) is 10.1. The van der Waals surface area contributed by atoms with E-state index in [4.69, 9.17) is 4.74 Å². The molecule has 0 aromatic carbocycles. The van der Waals surface area contributed by atoms with Gasteiger partial charge in [-0.25, -0.2) is 0 Å². The van der Waals surface area contributed by atoms with Gasteiger partial charge in [0, 0.05) is 31.4 Å². The molecule has 0 radical (unpaired) electrons. The van der Waals surface area contributed by atoms with Crippen LogP contribution in [0.15, 0.2) is 25.0 Å². The Labute approximate surface area is 97.3 Å². The minimum Gasteiger partial charge on any atom is -0.380 e. The molecule has 1 N–H and O–H groups in total. The van der Waals surface area contributed by atoms with Crippen molar-refractivity contribution in [1.82, 2.24) is 15.1 Å². The Hall–Kier alpha value is -1.13. The van der Waals surface area contributed by atoms with E-state index in [2.05, 4.69) is 23.9 Å². The van der Waals surface area contributed by atoms with Crippen molar-refractivity contribution < 1.29 is 4.74 Å². The number of aryl methyl sites for hydroxylation is 1. The largest absolute Gasteiger partial charge is 0.380 e. The molecule has 1 rings (SSSR count). The molecule has 0 fully saturated rings. The van der Waals surface area contributed by atoms with Crippen LogP contribution in [0.25, 0.3) is 0 Å². The molecule has 1 unspecified atom stereocenters. The quantitative estimate of drug-likeness (QED) is 0.538. The van der Waals surface area contributed by atoms with Crippen LogP contribution in [0, 0.1) is 0 Å². The van der Waals surface area contributed by atoms with Gasteiger partial charge in [0.25, 0.3) is 0 Å². The lowest BCUT2D eigenvalue weighted by atomic mass is 10.2. The number of aromatic nitrogens is 2. The van der Waals surface area contributed by atoms with E-state index in [1.54, 1.807) is 0 Å². The summed E-state index contributed by atoms with van der Waals surface area (Å²) in [4.78, 5) is 0. The van der Waals surface area contributed by atoms with Crippen molar-refractivity contribution >= 4 is 0 Å². The number of nitrogens with zero attached hydrogens (tertiary/aromatic N) is 2. The van der Waals surface area contributed by atoms with Gasteiger partial charge in [0.05, 0.1) is 19.4 Å². The first-order valence-electron chi connectivity index (χ1n) is 5.64. The summed E-state index contributed by atoms with van der Waals surface area (Å²) in [6.07, 6.45) is 6.69. The molecular formula is C12H21N3O. The predicted octanol–water partition coefficient (Wildman–Crippen LogP) is 1.66. The van der Waals surface area contributed by atoms with E-state index in [0.717, 1.165) is 26.2 Å². The summed E-state index contributed by atoms with van der Waals surface area (Å²) < 4.78 is 7.22. The van der Waals surface area contributed by atoms with Crippen LogP contribution in [-0.4, -0.2) is 29.5 Å². The van der Waals surface area contributed by atoms with E-state index in [9.17, 15) is 0 Å². The molecule has 4 heteroatoms. The van der Waals surface area contributed by atoms with Crippen molar-refractivity contribution in [2.45, 2.75) is 19.4 Å². The number of ether oxygens (including phenoxy) is 1. The van der Waals surface area contributed by atoms with Crippen molar-refractivity contribution in [3.8, 4) is 0 Å². The van der Waals surface area contributed by atoms with E-state index in [-0.39, 0.29) is 0 Å². The fourth-order valence-corrected chi connectivity index (χ4v) is 1.40. The Morgan fingerprint density at radius 2 is 2.44 bits per heavy atom. The summed E-state index contributed by atoms with van der Waals surface area (Å²) in [6.45, 7) is 8.11. The molecule has 0 bridgehead atoms. The summed E-state index contributed by atoms with van der Waals surface area (Å²) in [6, 6.07) is 0.316. The fraction of sp³-hybridized carbons (Fsp3) is 0.583. The number of hydrogen-bond donors (Lipinski definition) is 1. The average Bonchev–Trinajstić information content (AvgIpc) is 2.70. The van der Waals surface area contributed by atoms with Crippen LogP contribution < -0.4 is 5.32 Å². The van der Waals surface area contributed by atoms with E-state index >= 15 is 0 Å². The molecule has 1 heterocycles. The molecular weight excluding hydrogens is 202 g/mol. The number of rotatable bonds is 8. The van der Waals surface area contributed by atoms with Gasteiger partial charge in [0.15, 0.2) is 0 Å². The highest BCUT2D eigenvalue weighted by atomic mass is 16.5. The third-order valence-corrected chi connectivity index (χ3v) is 2.39. The first kappa shape index (κ1) is 12.9. The van der Waals surface area contributed by atoms with Gasteiger partial charge in [-0.05, 0) is 13.3 Å². The smallest absolute Gasteiger partial charge is 0.0591 e. The van der Waals surface area contributed by atoms with Gasteiger partial charge in [0.2, 0.25) is 0 Å². The van der Waals surface area contributed by atoms with Crippen molar-refractivity contribution in [2.75, 3.05) is 19.8 Å².